The molecule has 1 aromatic carbocycles. The van der Waals surface area contributed by atoms with Crippen molar-refractivity contribution in [3.05, 3.63) is 35.4 Å². The average molecular weight is 329 g/mol. The van der Waals surface area contributed by atoms with Crippen LogP contribution in [0.4, 0.5) is 0 Å². The zero-order valence-corrected chi connectivity index (χ0v) is 13.4. The van der Waals surface area contributed by atoms with Gasteiger partial charge < -0.3 is 14.7 Å². The smallest absolute Gasteiger partial charge is 0.328 e. The molecule has 0 unspecified atom stereocenters. The Balaban J connectivity index is 1.83. The first-order chi connectivity index (χ1) is 11.4. The van der Waals surface area contributed by atoms with Crippen LogP contribution in [0.2, 0.25) is 0 Å². The third-order valence-electron chi connectivity index (χ3n) is 4.65. The highest BCUT2D eigenvalue weighted by atomic mass is 16.5. The number of likely N-dealkylation sites (tertiary alicyclic amines) is 1. The lowest BCUT2D eigenvalue weighted by Crippen LogP contribution is -2.51. The van der Waals surface area contributed by atoms with Gasteiger partial charge in [-0.05, 0) is 23.8 Å². The monoisotopic (exact) mass is 329 g/mol. The second kappa shape index (κ2) is 6.11. The van der Waals surface area contributed by atoms with Gasteiger partial charge in [-0.25, -0.2) is 4.79 Å². The summed E-state index contributed by atoms with van der Waals surface area (Å²) < 4.78 is 6.17. The summed E-state index contributed by atoms with van der Waals surface area (Å²) in [4.78, 5) is 36.3. The average Bonchev–Trinajstić information content (AvgIpc) is 2.53. The summed E-state index contributed by atoms with van der Waals surface area (Å²) in [6.07, 6.45) is 4.07. The summed E-state index contributed by atoms with van der Waals surface area (Å²) in [5.41, 5.74) is 0.634. The highest BCUT2D eigenvalue weighted by molar-refractivity contribution is 6.00. The molecular weight excluding hydrogens is 310 g/mol. The van der Waals surface area contributed by atoms with E-state index in [9.17, 15) is 14.4 Å². The van der Waals surface area contributed by atoms with Gasteiger partial charge in [0.25, 0.3) is 0 Å². The predicted molar refractivity (Wildman–Crippen MR) is 86.9 cm³/mol. The lowest BCUT2D eigenvalue weighted by Gasteiger charge is -2.43. The van der Waals surface area contributed by atoms with Crippen molar-refractivity contribution in [1.29, 1.82) is 0 Å². The molecule has 126 valence electrons. The van der Waals surface area contributed by atoms with Gasteiger partial charge in [0.15, 0.2) is 5.78 Å². The van der Waals surface area contributed by atoms with Crippen LogP contribution in [-0.2, 0) is 9.59 Å². The molecule has 24 heavy (non-hydrogen) atoms. The second-order valence-corrected chi connectivity index (χ2v) is 6.32. The summed E-state index contributed by atoms with van der Waals surface area (Å²) in [6.45, 7) is 2.70. The Kier molecular flexibility index (Phi) is 4.13. The Labute approximate surface area is 139 Å². The number of benzene rings is 1. The maximum atomic E-state index is 12.5. The molecule has 0 aromatic heterocycles. The Hall–Kier alpha value is -2.63. The van der Waals surface area contributed by atoms with Gasteiger partial charge in [0, 0.05) is 38.9 Å². The van der Waals surface area contributed by atoms with Gasteiger partial charge in [-0.1, -0.05) is 6.07 Å². The highest BCUT2D eigenvalue weighted by Gasteiger charge is 2.43. The number of carbonyl (C=O) groups is 3. The molecule has 0 aliphatic carbocycles. The lowest BCUT2D eigenvalue weighted by atomic mass is 9.82. The van der Waals surface area contributed by atoms with E-state index in [0.717, 1.165) is 6.08 Å². The number of Topliss-reactive ketones (excluding diaryl/α,β-unsaturated/α-hetero) is 1. The molecule has 2 aliphatic rings. The van der Waals surface area contributed by atoms with Crippen molar-refractivity contribution >= 4 is 23.7 Å². The van der Waals surface area contributed by atoms with E-state index in [2.05, 4.69) is 0 Å². The standard InChI is InChI=1S/C18H19NO5/c1-12(20)19-8-6-18(7-9-19)11-15(21)14-4-2-13(3-5-17(22)23)10-16(14)24-18/h2-5,10H,6-9,11H2,1H3,(H,22,23)/b5-3+. The number of carboxylic acids is 1. The van der Waals surface area contributed by atoms with E-state index in [0.29, 0.717) is 49.2 Å². The highest BCUT2D eigenvalue weighted by Crippen LogP contribution is 2.39. The Morgan fingerprint density at radius 2 is 2.00 bits per heavy atom. The number of piperidine rings is 1. The number of ketones is 1. The van der Waals surface area contributed by atoms with Crippen LogP contribution in [0.1, 0.15) is 42.1 Å². The largest absolute Gasteiger partial charge is 0.486 e. The van der Waals surface area contributed by atoms with E-state index in [1.165, 1.54) is 6.08 Å². The summed E-state index contributed by atoms with van der Waals surface area (Å²) in [5, 5.41) is 8.72. The Bertz CT molecular complexity index is 729. The summed E-state index contributed by atoms with van der Waals surface area (Å²) >= 11 is 0. The molecule has 1 saturated heterocycles. The zero-order valence-electron chi connectivity index (χ0n) is 13.4. The van der Waals surface area contributed by atoms with E-state index in [4.69, 9.17) is 9.84 Å². The fourth-order valence-corrected chi connectivity index (χ4v) is 3.29. The Morgan fingerprint density at radius 1 is 1.29 bits per heavy atom. The normalized spacial score (nSPS) is 19.2. The minimum absolute atomic E-state index is 0.0290. The first-order valence-electron chi connectivity index (χ1n) is 7.91. The molecule has 1 N–H and O–H groups in total. The van der Waals surface area contributed by atoms with Crippen LogP contribution in [0.5, 0.6) is 5.75 Å². The molecule has 2 heterocycles. The molecule has 0 atom stereocenters. The van der Waals surface area contributed by atoms with Crippen LogP contribution in [-0.4, -0.2) is 46.4 Å². The third-order valence-corrected chi connectivity index (χ3v) is 4.65. The molecule has 0 saturated carbocycles. The van der Waals surface area contributed by atoms with Crippen molar-refractivity contribution in [2.45, 2.75) is 31.8 Å². The van der Waals surface area contributed by atoms with Crippen molar-refractivity contribution in [2.75, 3.05) is 13.1 Å². The lowest BCUT2D eigenvalue weighted by molar-refractivity contribution is -0.133. The molecule has 1 fully saturated rings. The summed E-state index contributed by atoms with van der Waals surface area (Å²) in [6, 6.07) is 5.08. The first-order valence-corrected chi connectivity index (χ1v) is 7.91. The van der Waals surface area contributed by atoms with Crippen molar-refractivity contribution in [1.82, 2.24) is 4.90 Å². The molecule has 0 radical (unpaired) electrons. The van der Waals surface area contributed by atoms with Gasteiger partial charge >= 0.3 is 5.97 Å². The molecular formula is C18H19NO5. The van der Waals surface area contributed by atoms with Crippen LogP contribution < -0.4 is 4.74 Å². The minimum atomic E-state index is -1.03. The van der Waals surface area contributed by atoms with Crippen LogP contribution in [0.25, 0.3) is 6.08 Å². The van der Waals surface area contributed by atoms with E-state index < -0.39 is 11.6 Å². The quantitative estimate of drug-likeness (QED) is 0.840. The molecule has 2 aliphatic heterocycles. The number of carbonyl (C=O) groups excluding carboxylic acids is 2. The van der Waals surface area contributed by atoms with Crippen molar-refractivity contribution in [2.24, 2.45) is 0 Å². The topological polar surface area (TPSA) is 83.9 Å². The van der Waals surface area contributed by atoms with E-state index in [1.54, 1.807) is 30.0 Å². The summed E-state index contributed by atoms with van der Waals surface area (Å²) in [7, 11) is 0. The third kappa shape index (κ3) is 3.18. The number of ether oxygens (including phenoxy) is 1. The van der Waals surface area contributed by atoms with Gasteiger partial charge in [-0.2, -0.15) is 0 Å². The zero-order chi connectivity index (χ0) is 17.3. The summed E-state index contributed by atoms with van der Waals surface area (Å²) in [5.74, 6) is -0.470. The van der Waals surface area contributed by atoms with Crippen molar-refractivity contribution < 1.29 is 24.2 Å². The predicted octanol–water partition coefficient (Wildman–Crippen LogP) is 2.13. The second-order valence-electron chi connectivity index (χ2n) is 6.32. The number of hydrogen-bond acceptors (Lipinski definition) is 4. The number of fused-ring (bicyclic) bond motifs is 1. The maximum absolute atomic E-state index is 12.5. The number of aliphatic carboxylic acids is 1. The van der Waals surface area contributed by atoms with Crippen LogP contribution in [0, 0.1) is 0 Å². The number of carboxylic acid groups (broad SMARTS) is 1. The van der Waals surface area contributed by atoms with Gasteiger partial charge in [0.2, 0.25) is 5.91 Å². The molecule has 0 bridgehead atoms. The van der Waals surface area contributed by atoms with Crippen LogP contribution in [0.3, 0.4) is 0 Å². The van der Waals surface area contributed by atoms with Gasteiger partial charge in [-0.15, -0.1) is 0 Å². The number of hydrogen-bond donors (Lipinski definition) is 1. The van der Waals surface area contributed by atoms with E-state index in [-0.39, 0.29) is 11.7 Å². The van der Waals surface area contributed by atoms with Gasteiger partial charge in [0.1, 0.15) is 11.4 Å². The molecule has 1 spiro atoms. The number of nitrogens with zero attached hydrogens (tertiary/aromatic N) is 1. The molecule has 1 aromatic rings. The minimum Gasteiger partial charge on any atom is -0.486 e. The SMILES string of the molecule is CC(=O)N1CCC2(CC1)CC(=O)c1ccc(/C=C/C(=O)O)cc1O2. The van der Waals surface area contributed by atoms with E-state index in [1.807, 2.05) is 0 Å². The maximum Gasteiger partial charge on any atom is 0.328 e. The van der Waals surface area contributed by atoms with Crippen LogP contribution in [0.15, 0.2) is 24.3 Å². The van der Waals surface area contributed by atoms with Gasteiger partial charge in [-0.3, -0.25) is 9.59 Å². The first kappa shape index (κ1) is 16.2. The van der Waals surface area contributed by atoms with Crippen molar-refractivity contribution in [3.63, 3.8) is 0 Å². The molecule has 6 heteroatoms. The van der Waals surface area contributed by atoms with E-state index >= 15 is 0 Å². The number of amides is 1. The molecule has 3 rings (SSSR count). The van der Waals surface area contributed by atoms with Gasteiger partial charge in [0.05, 0.1) is 12.0 Å². The molecule has 6 nitrogen and oxygen atoms in total. The molecule has 1 amide bonds. The Morgan fingerprint density at radius 3 is 2.62 bits per heavy atom. The fraction of sp³-hybridized carbons (Fsp3) is 0.389. The van der Waals surface area contributed by atoms with Crippen LogP contribution >= 0.6 is 0 Å². The van der Waals surface area contributed by atoms with Crippen molar-refractivity contribution in [3.8, 4) is 5.75 Å². The fourth-order valence-electron chi connectivity index (χ4n) is 3.29. The number of rotatable bonds is 2.